The summed E-state index contributed by atoms with van der Waals surface area (Å²) in [5.74, 6) is 0. The van der Waals surface area contributed by atoms with Crippen LogP contribution in [0.2, 0.25) is 0 Å². The molecule has 0 aromatic carbocycles. The largest absolute Gasteiger partial charge is 0.424 e. The second-order valence-electron chi connectivity index (χ2n) is 2.10. The Bertz CT molecular complexity index is 128. The van der Waals surface area contributed by atoms with Crippen LogP contribution in [0.15, 0.2) is 0 Å². The second kappa shape index (κ2) is 6.01. The topological polar surface area (TPSA) is 35.5 Å². The zero-order chi connectivity index (χ0) is 8.74. The Morgan fingerprint density at radius 1 is 1.18 bits per heavy atom. The monoisotopic (exact) mass is 200 g/mol. The van der Waals surface area contributed by atoms with Crippen molar-refractivity contribution in [3.05, 3.63) is 0 Å². The molecule has 0 aliphatic carbocycles. The van der Waals surface area contributed by atoms with Gasteiger partial charge in [0.05, 0.1) is 13.2 Å². The predicted molar refractivity (Wildman–Crippen MR) is 45.9 cm³/mol. The third kappa shape index (κ3) is 6.82. The van der Waals surface area contributed by atoms with Gasteiger partial charge in [0.2, 0.25) is 0 Å². The molecule has 0 aromatic heterocycles. The van der Waals surface area contributed by atoms with E-state index in [1.807, 2.05) is 13.8 Å². The summed E-state index contributed by atoms with van der Waals surface area (Å²) in [6, 6.07) is 0. The molecule has 0 N–H and O–H groups in total. The first-order valence-electron chi connectivity index (χ1n) is 3.71. The average molecular weight is 201 g/mol. The van der Waals surface area contributed by atoms with Gasteiger partial charge in [-0.05, 0) is 12.8 Å². The number of hydrogen-bond donors (Lipinski definition) is 0. The number of rotatable bonds is 6. The molecule has 0 bridgehead atoms. The molecular weight excluding hydrogens is 186 g/mol. The van der Waals surface area contributed by atoms with Crippen LogP contribution in [0.25, 0.3) is 0 Å². The third-order valence-corrected chi connectivity index (χ3v) is 2.47. The maximum atomic E-state index is 11.1. The van der Waals surface area contributed by atoms with Crippen molar-refractivity contribution in [3.63, 3.8) is 0 Å². The van der Waals surface area contributed by atoms with Gasteiger partial charge in [-0.1, -0.05) is 13.8 Å². The van der Waals surface area contributed by atoms with Gasteiger partial charge >= 0.3 is 6.95 Å². The van der Waals surface area contributed by atoms with E-state index in [0.29, 0.717) is 13.2 Å². The van der Waals surface area contributed by atoms with Gasteiger partial charge < -0.3 is 0 Å². The standard InChI is InChI=1S/C6H14ClO3P/c1-3-5-9-11(7,8)10-6-4-2/h3-6H2,1-2H3. The summed E-state index contributed by atoms with van der Waals surface area (Å²) in [6.07, 6.45) is 1.57. The maximum absolute atomic E-state index is 11.1. The van der Waals surface area contributed by atoms with Crippen molar-refractivity contribution in [2.24, 2.45) is 0 Å². The Balaban J connectivity index is 3.53. The number of hydrogen-bond acceptors (Lipinski definition) is 3. The van der Waals surface area contributed by atoms with Crippen LogP contribution in [0, 0.1) is 0 Å². The molecule has 0 aliphatic rings. The molecule has 0 aliphatic heterocycles. The Labute approximate surface area is 72.3 Å². The minimum atomic E-state index is -3.25. The summed E-state index contributed by atoms with van der Waals surface area (Å²) < 4.78 is 20.6. The van der Waals surface area contributed by atoms with Gasteiger partial charge in [-0.15, -0.1) is 0 Å². The molecule has 0 atom stereocenters. The summed E-state index contributed by atoms with van der Waals surface area (Å²) in [7, 11) is 0. The highest BCUT2D eigenvalue weighted by molar-refractivity contribution is 7.81. The van der Waals surface area contributed by atoms with Crippen LogP contribution in [0.5, 0.6) is 0 Å². The van der Waals surface area contributed by atoms with Crippen molar-refractivity contribution in [2.45, 2.75) is 26.7 Å². The SMILES string of the molecule is CCCOP(=O)(Cl)OCCC. The first-order valence-corrected chi connectivity index (χ1v) is 6.16. The van der Waals surface area contributed by atoms with Gasteiger partial charge in [-0.25, -0.2) is 4.57 Å². The molecule has 0 saturated carbocycles. The van der Waals surface area contributed by atoms with Crippen LogP contribution in [-0.2, 0) is 13.6 Å². The molecule has 5 heteroatoms. The summed E-state index contributed by atoms with van der Waals surface area (Å²) in [5, 5.41) is 0. The molecule has 0 heterocycles. The van der Waals surface area contributed by atoms with E-state index in [1.165, 1.54) is 0 Å². The van der Waals surface area contributed by atoms with Crippen molar-refractivity contribution in [2.75, 3.05) is 13.2 Å². The van der Waals surface area contributed by atoms with Crippen molar-refractivity contribution in [1.82, 2.24) is 0 Å². The fourth-order valence-corrected chi connectivity index (χ4v) is 1.73. The lowest BCUT2D eigenvalue weighted by Gasteiger charge is -2.09. The van der Waals surface area contributed by atoms with E-state index in [4.69, 9.17) is 20.3 Å². The summed E-state index contributed by atoms with van der Waals surface area (Å²) >= 11 is 5.40. The Kier molecular flexibility index (Phi) is 6.25. The van der Waals surface area contributed by atoms with E-state index < -0.39 is 6.95 Å². The normalized spacial score (nSPS) is 11.9. The van der Waals surface area contributed by atoms with E-state index in [-0.39, 0.29) is 0 Å². The van der Waals surface area contributed by atoms with E-state index in [0.717, 1.165) is 12.8 Å². The fraction of sp³-hybridized carbons (Fsp3) is 1.00. The zero-order valence-corrected chi connectivity index (χ0v) is 8.53. The maximum Gasteiger partial charge on any atom is 0.424 e. The van der Waals surface area contributed by atoms with E-state index in [1.54, 1.807) is 0 Å². The quantitative estimate of drug-likeness (QED) is 0.618. The average Bonchev–Trinajstić information content (AvgIpc) is 1.97. The highest BCUT2D eigenvalue weighted by Gasteiger charge is 2.18. The highest BCUT2D eigenvalue weighted by atomic mass is 35.7. The van der Waals surface area contributed by atoms with Gasteiger partial charge in [-0.3, -0.25) is 9.05 Å². The Morgan fingerprint density at radius 3 is 1.82 bits per heavy atom. The molecule has 0 saturated heterocycles. The third-order valence-electron chi connectivity index (χ3n) is 0.899. The van der Waals surface area contributed by atoms with Crippen LogP contribution in [0.1, 0.15) is 26.7 Å². The molecule has 0 aromatic rings. The van der Waals surface area contributed by atoms with Gasteiger partial charge in [0.25, 0.3) is 0 Å². The van der Waals surface area contributed by atoms with E-state index in [2.05, 4.69) is 0 Å². The molecule has 0 spiro atoms. The molecule has 0 radical (unpaired) electrons. The van der Waals surface area contributed by atoms with Crippen LogP contribution in [0.3, 0.4) is 0 Å². The number of halogens is 1. The van der Waals surface area contributed by atoms with Crippen molar-refractivity contribution < 1.29 is 13.6 Å². The lowest BCUT2D eigenvalue weighted by molar-refractivity contribution is 0.219. The first-order chi connectivity index (χ1) is 5.12. The van der Waals surface area contributed by atoms with Crippen LogP contribution < -0.4 is 0 Å². The second-order valence-corrected chi connectivity index (χ2v) is 4.72. The zero-order valence-electron chi connectivity index (χ0n) is 6.88. The molecule has 0 fully saturated rings. The van der Waals surface area contributed by atoms with Gasteiger partial charge in [0.15, 0.2) is 0 Å². The van der Waals surface area contributed by atoms with Crippen molar-refractivity contribution >= 4 is 18.2 Å². The Hall–Kier alpha value is 0.440. The van der Waals surface area contributed by atoms with Gasteiger partial charge in [0.1, 0.15) is 0 Å². The summed E-state index contributed by atoms with van der Waals surface area (Å²) in [6.45, 7) is 1.33. The summed E-state index contributed by atoms with van der Waals surface area (Å²) in [5.41, 5.74) is 0. The molecule has 0 rings (SSSR count). The van der Waals surface area contributed by atoms with Crippen molar-refractivity contribution in [3.8, 4) is 0 Å². The van der Waals surface area contributed by atoms with Gasteiger partial charge in [-0.2, -0.15) is 0 Å². The minimum Gasteiger partial charge on any atom is -0.297 e. The molecule has 11 heavy (non-hydrogen) atoms. The molecule has 3 nitrogen and oxygen atoms in total. The van der Waals surface area contributed by atoms with Crippen LogP contribution in [0.4, 0.5) is 0 Å². The minimum absolute atomic E-state index is 0.379. The Morgan fingerprint density at radius 2 is 1.55 bits per heavy atom. The van der Waals surface area contributed by atoms with Crippen LogP contribution >= 0.6 is 18.2 Å². The summed E-state index contributed by atoms with van der Waals surface area (Å²) in [4.78, 5) is 0. The lowest BCUT2D eigenvalue weighted by atomic mass is 10.5. The van der Waals surface area contributed by atoms with Crippen LogP contribution in [-0.4, -0.2) is 13.2 Å². The van der Waals surface area contributed by atoms with Gasteiger partial charge in [0, 0.05) is 11.2 Å². The lowest BCUT2D eigenvalue weighted by Crippen LogP contribution is -1.92. The van der Waals surface area contributed by atoms with E-state index >= 15 is 0 Å². The first kappa shape index (κ1) is 11.4. The highest BCUT2D eigenvalue weighted by Crippen LogP contribution is 2.53. The molecule has 0 unspecified atom stereocenters. The molecule has 0 amide bonds. The van der Waals surface area contributed by atoms with E-state index in [9.17, 15) is 4.57 Å². The van der Waals surface area contributed by atoms with Crippen molar-refractivity contribution in [1.29, 1.82) is 0 Å². The smallest absolute Gasteiger partial charge is 0.297 e. The molecular formula is C6H14ClO3P. The fourth-order valence-electron chi connectivity index (χ4n) is 0.438. The molecule has 68 valence electrons. The predicted octanol–water partition coefficient (Wildman–Crippen LogP) is 3.19.